The smallest absolute Gasteiger partial charge is 0.306 e. The highest BCUT2D eigenvalue weighted by atomic mass is 16.6. The summed E-state index contributed by atoms with van der Waals surface area (Å²) in [7, 11) is 0. The minimum absolute atomic E-state index is 0.0844. The Bertz CT molecular complexity index is 4860. The molecule has 14 nitrogen and oxygen atoms in total. The van der Waals surface area contributed by atoms with Crippen LogP contribution >= 0.6 is 0 Å². The Morgan fingerprint density at radius 1 is 0.295 bits per heavy atom. The van der Waals surface area contributed by atoms with Crippen molar-refractivity contribution in [3.8, 4) is 57.5 Å². The second-order valence-electron chi connectivity index (χ2n) is 26.1. The molecule has 0 saturated carbocycles. The van der Waals surface area contributed by atoms with Crippen LogP contribution in [0.5, 0.6) is 57.5 Å². The van der Waals surface area contributed by atoms with Crippen LogP contribution in [-0.4, -0.2) is 24.1 Å². The molecule has 0 aliphatic carbocycles. The fourth-order valence-electron chi connectivity index (χ4n) is 13.4. The zero-order chi connectivity index (χ0) is 70.9. The van der Waals surface area contributed by atoms with Crippen molar-refractivity contribution in [3.05, 3.63) is 370 Å². The molecule has 4 aliphatic heterocycles. The van der Waals surface area contributed by atoms with E-state index in [-0.39, 0.29) is 78.5 Å². The molecular weight excluding hydrogens is 1320 g/mol. The number of benzene rings is 12. The molecule has 12 aromatic carbocycles. The molecule has 0 radical (unpaired) electrons. The number of carbonyl (C=O) groups excluding carboxylic acids is 2. The maximum atomic E-state index is 15.4. The lowest BCUT2D eigenvalue weighted by atomic mass is 9.77. The number of esters is 2. The van der Waals surface area contributed by atoms with Crippen molar-refractivity contribution in [1.82, 2.24) is 0 Å². The zero-order valence-corrected chi connectivity index (χ0v) is 57.9. The molecule has 12 aromatic rings. The molecule has 0 aromatic heterocycles. The van der Waals surface area contributed by atoms with E-state index in [1.54, 1.807) is 0 Å². The van der Waals surface area contributed by atoms with Crippen LogP contribution in [-0.2, 0) is 78.3 Å². The van der Waals surface area contributed by atoms with Crippen molar-refractivity contribution >= 4 is 11.9 Å². The summed E-state index contributed by atoms with van der Waals surface area (Å²) in [5.74, 6) is 1.89. The van der Waals surface area contributed by atoms with E-state index in [0.29, 0.717) is 85.3 Å². The second kappa shape index (κ2) is 33.1. The minimum Gasteiger partial charge on any atom is -0.489 e. The molecule has 0 amide bonds. The Hall–Kier alpha value is -12.4. The average molecular weight is 1400 g/mol. The van der Waals surface area contributed by atoms with Crippen LogP contribution in [0.1, 0.15) is 110 Å². The third kappa shape index (κ3) is 17.1. The minimum atomic E-state index is -1.27. The summed E-state index contributed by atoms with van der Waals surface area (Å²) >= 11 is 0. The predicted octanol–water partition coefficient (Wildman–Crippen LogP) is 19.3. The molecule has 14 heteroatoms. The van der Waals surface area contributed by atoms with Gasteiger partial charge in [0.15, 0.2) is 41.3 Å². The van der Waals surface area contributed by atoms with Crippen LogP contribution in [0, 0.1) is 0 Å². The Balaban J connectivity index is 0.967. The largest absolute Gasteiger partial charge is 0.489 e. The first-order chi connectivity index (χ1) is 51.8. The van der Waals surface area contributed by atoms with E-state index >= 15 is 4.79 Å². The molecule has 526 valence electrons. The molecule has 4 bridgehead atoms. The van der Waals surface area contributed by atoms with Crippen molar-refractivity contribution in [2.45, 2.75) is 109 Å². The monoisotopic (exact) mass is 1390 g/mol. The predicted molar refractivity (Wildman–Crippen MR) is 398 cm³/mol. The van der Waals surface area contributed by atoms with Gasteiger partial charge in [0.1, 0.15) is 93.5 Å². The normalized spacial score (nSPS) is 16.6. The van der Waals surface area contributed by atoms with E-state index in [1.807, 2.05) is 297 Å². The van der Waals surface area contributed by atoms with E-state index in [0.717, 1.165) is 44.5 Å². The molecule has 0 unspecified atom stereocenters. The van der Waals surface area contributed by atoms with Gasteiger partial charge in [0.25, 0.3) is 0 Å². The van der Waals surface area contributed by atoms with Crippen molar-refractivity contribution in [3.63, 3.8) is 0 Å². The lowest BCUT2D eigenvalue weighted by molar-refractivity contribution is -0.159. The van der Waals surface area contributed by atoms with Gasteiger partial charge in [-0.3, -0.25) is 9.59 Å². The fourth-order valence-corrected chi connectivity index (χ4v) is 13.4. The van der Waals surface area contributed by atoms with E-state index in [2.05, 4.69) is 0 Å². The summed E-state index contributed by atoms with van der Waals surface area (Å²) in [5.41, 5.74) is 10.2. The topological polar surface area (TPSA) is 145 Å². The van der Waals surface area contributed by atoms with Gasteiger partial charge in [-0.1, -0.05) is 255 Å². The lowest BCUT2D eigenvalue weighted by Gasteiger charge is -2.43. The van der Waals surface area contributed by atoms with Crippen molar-refractivity contribution in [1.29, 1.82) is 0 Å². The highest BCUT2D eigenvalue weighted by Crippen LogP contribution is 2.60. The molecule has 4 heterocycles. The van der Waals surface area contributed by atoms with E-state index in [4.69, 9.17) is 56.8 Å². The second-order valence-corrected chi connectivity index (χ2v) is 26.1. The Morgan fingerprint density at radius 2 is 0.648 bits per heavy atom. The van der Waals surface area contributed by atoms with Gasteiger partial charge in [-0.25, -0.2) is 0 Å². The SMILES string of the molecule is O=C1CCCC(=O)O[C@H]2Cc3c(OCc4ccccc4)cc(OCc4ccccc4)c(c3O[C@@H]2c2ccc(OCc3ccccc3)c(OCc3ccccc3)c2)[C@H]2c3c(OCc4ccccc4)cc(OCc4ccccc4)cc3O[C@H](c3ccc(OCc4ccccc4)c(OCc4ccccc4)c3)[C@H]2O1. The molecular formula is C91H78O14. The molecule has 0 spiro atoms. The molecule has 105 heavy (non-hydrogen) atoms. The average Bonchev–Trinajstić information content (AvgIpc) is 0.719. The molecule has 0 N–H and O–H groups in total. The van der Waals surface area contributed by atoms with Gasteiger partial charge < -0.3 is 56.8 Å². The Kier molecular flexibility index (Phi) is 21.6. The van der Waals surface area contributed by atoms with Crippen molar-refractivity contribution < 1.29 is 66.4 Å². The standard InChI is InChI=1S/C91H78O14/c92-83-42-25-43-84(93)104-91-87(85-79(100-60-68-38-21-7-22-39-68)50-72(94-54-62-26-9-1-10-27-62)51-81(85)103-89(91)71-45-47-75(96-56-64-30-13-3-14-31-64)78(49-71)99-59-67-36-19-6-20-37-67)86-80(101-61-69-40-23-8-24-41-69)53-76(97-57-65-32-15-4-16-33-65)73-52-82(102-83)88(105-90(73)86)70-44-46-74(95-55-63-28-11-2-12-29-63)77(48-70)98-58-66-34-17-5-18-35-66/h1-24,26-41,44-51,53,82,87-89,91H,25,42-43,52,54-61H2/t82-,87+,88+,89+,91-/m0/s1. The summed E-state index contributed by atoms with van der Waals surface area (Å²) in [6, 6.07) is 96.4. The molecule has 16 rings (SSSR count). The highest BCUT2D eigenvalue weighted by Gasteiger charge is 2.50. The number of hydrogen-bond donors (Lipinski definition) is 0. The van der Waals surface area contributed by atoms with Gasteiger partial charge in [0.2, 0.25) is 0 Å². The van der Waals surface area contributed by atoms with E-state index < -0.39 is 42.3 Å². The van der Waals surface area contributed by atoms with Crippen molar-refractivity contribution in [2.24, 2.45) is 0 Å². The Morgan fingerprint density at radius 3 is 1.07 bits per heavy atom. The summed E-state index contributed by atoms with van der Waals surface area (Å²) in [4.78, 5) is 30.1. The number of hydrogen-bond acceptors (Lipinski definition) is 14. The van der Waals surface area contributed by atoms with Crippen LogP contribution in [0.25, 0.3) is 0 Å². The summed E-state index contributed by atoms with van der Waals surface area (Å²) in [5, 5.41) is 0. The summed E-state index contributed by atoms with van der Waals surface area (Å²) < 4.78 is 84.8. The quantitative estimate of drug-likeness (QED) is 0.0474. The third-order valence-corrected chi connectivity index (χ3v) is 18.7. The van der Waals surface area contributed by atoms with Gasteiger partial charge >= 0.3 is 11.9 Å². The summed E-state index contributed by atoms with van der Waals surface area (Å²) in [6.07, 6.45) is -4.50. The van der Waals surface area contributed by atoms with Gasteiger partial charge in [0.05, 0.1) is 5.92 Å². The number of ether oxygens (including phenoxy) is 12. The first-order valence-corrected chi connectivity index (χ1v) is 35.6. The van der Waals surface area contributed by atoms with Crippen LogP contribution in [0.3, 0.4) is 0 Å². The lowest BCUT2D eigenvalue weighted by Crippen LogP contribution is -2.41. The van der Waals surface area contributed by atoms with Crippen LogP contribution in [0.4, 0.5) is 0 Å². The summed E-state index contributed by atoms with van der Waals surface area (Å²) in [6.45, 7) is 1.50. The van der Waals surface area contributed by atoms with Gasteiger partial charge in [-0.2, -0.15) is 0 Å². The fraction of sp³-hybridized carbons (Fsp3) is 0.187. The Labute approximate surface area is 611 Å². The van der Waals surface area contributed by atoms with E-state index in [1.165, 1.54) is 0 Å². The van der Waals surface area contributed by atoms with Gasteiger partial charge in [-0.05, 0) is 75.2 Å². The third-order valence-electron chi connectivity index (χ3n) is 18.7. The van der Waals surface area contributed by atoms with Crippen LogP contribution in [0.15, 0.2) is 297 Å². The van der Waals surface area contributed by atoms with Crippen LogP contribution < -0.4 is 47.4 Å². The first kappa shape index (κ1) is 68.4. The maximum absolute atomic E-state index is 15.4. The van der Waals surface area contributed by atoms with Crippen molar-refractivity contribution in [2.75, 3.05) is 0 Å². The molecule has 0 fully saturated rings. The molecule has 0 saturated heterocycles. The first-order valence-electron chi connectivity index (χ1n) is 35.6. The zero-order valence-electron chi connectivity index (χ0n) is 57.9. The van der Waals surface area contributed by atoms with Crippen LogP contribution in [0.2, 0.25) is 0 Å². The molecule has 5 atom stereocenters. The maximum Gasteiger partial charge on any atom is 0.306 e. The number of fused-ring (bicyclic) bond motifs is 8. The number of carbonyl (C=O) groups is 2. The van der Waals surface area contributed by atoms with E-state index in [9.17, 15) is 4.79 Å². The molecule has 4 aliphatic rings. The number of rotatable bonds is 26. The van der Waals surface area contributed by atoms with Gasteiger partial charge in [-0.15, -0.1) is 0 Å². The highest BCUT2D eigenvalue weighted by molar-refractivity contribution is 5.75. The van der Waals surface area contributed by atoms with Gasteiger partial charge in [0, 0.05) is 65.3 Å².